The lowest BCUT2D eigenvalue weighted by molar-refractivity contribution is -0.125. The van der Waals surface area contributed by atoms with E-state index >= 15 is 0 Å². The molecular formula is C14H17N3O4S. The molecule has 0 unspecified atom stereocenters. The van der Waals surface area contributed by atoms with Crippen LogP contribution in [0.5, 0.6) is 0 Å². The van der Waals surface area contributed by atoms with Gasteiger partial charge in [-0.1, -0.05) is 6.07 Å². The number of nitrogens with zero attached hydrogens (tertiary/aromatic N) is 1. The molecule has 0 atom stereocenters. The summed E-state index contributed by atoms with van der Waals surface area (Å²) in [5, 5.41) is 0. The quantitative estimate of drug-likeness (QED) is 0.769. The highest BCUT2D eigenvalue weighted by molar-refractivity contribution is 7.89. The summed E-state index contributed by atoms with van der Waals surface area (Å²) in [6.07, 6.45) is 1.79. The van der Waals surface area contributed by atoms with Crippen LogP contribution in [0.1, 0.15) is 23.2 Å². The third-order valence-corrected chi connectivity index (χ3v) is 6.11. The van der Waals surface area contributed by atoms with Gasteiger partial charge < -0.3 is 0 Å². The normalized spacial score (nSPS) is 25.3. The molecule has 0 aliphatic heterocycles. The van der Waals surface area contributed by atoms with E-state index in [0.29, 0.717) is 5.92 Å². The van der Waals surface area contributed by atoms with Crippen molar-refractivity contribution < 1.29 is 18.0 Å². The fraction of sp³-hybridized carbons (Fsp3) is 0.429. The molecule has 2 aliphatic carbocycles. The zero-order valence-electron chi connectivity index (χ0n) is 12.3. The predicted molar refractivity (Wildman–Crippen MR) is 78.1 cm³/mol. The third kappa shape index (κ3) is 2.38. The van der Waals surface area contributed by atoms with Crippen LogP contribution in [0.2, 0.25) is 0 Å². The van der Waals surface area contributed by atoms with Gasteiger partial charge in [0.25, 0.3) is 5.91 Å². The van der Waals surface area contributed by atoms with E-state index in [4.69, 9.17) is 0 Å². The number of carbonyl (C=O) groups is 2. The molecular weight excluding hydrogens is 306 g/mol. The van der Waals surface area contributed by atoms with E-state index in [1.54, 1.807) is 0 Å². The zero-order valence-corrected chi connectivity index (χ0v) is 13.1. The number of hydrogen-bond acceptors (Lipinski definition) is 4. The van der Waals surface area contributed by atoms with Crippen molar-refractivity contribution in [3.05, 3.63) is 29.8 Å². The Bertz CT molecular complexity index is 751. The Morgan fingerprint density at radius 2 is 1.86 bits per heavy atom. The average molecular weight is 323 g/mol. The number of carbonyl (C=O) groups excluding carboxylic acids is 2. The van der Waals surface area contributed by atoms with Crippen molar-refractivity contribution in [3.8, 4) is 0 Å². The summed E-state index contributed by atoms with van der Waals surface area (Å²) in [6.45, 7) is 0. The van der Waals surface area contributed by atoms with Crippen LogP contribution in [0.25, 0.3) is 0 Å². The maximum atomic E-state index is 12.0. The van der Waals surface area contributed by atoms with Gasteiger partial charge in [-0.3, -0.25) is 20.4 Å². The van der Waals surface area contributed by atoms with Crippen molar-refractivity contribution >= 4 is 21.8 Å². The van der Waals surface area contributed by atoms with E-state index < -0.39 is 15.9 Å². The van der Waals surface area contributed by atoms with E-state index in [9.17, 15) is 18.0 Å². The van der Waals surface area contributed by atoms with E-state index in [1.165, 1.54) is 38.4 Å². The number of fused-ring (bicyclic) bond motifs is 1. The predicted octanol–water partition coefficient (Wildman–Crippen LogP) is 0.108. The Balaban J connectivity index is 1.69. The number of nitrogens with one attached hydrogen (secondary N) is 2. The first-order valence-electron chi connectivity index (χ1n) is 6.91. The fourth-order valence-electron chi connectivity index (χ4n) is 2.39. The summed E-state index contributed by atoms with van der Waals surface area (Å²) in [7, 11) is -0.765. The summed E-state index contributed by atoms with van der Waals surface area (Å²) in [5.41, 5.74) is 4.68. The lowest BCUT2D eigenvalue weighted by Crippen LogP contribution is -2.43. The molecule has 0 heterocycles. The minimum atomic E-state index is -3.60. The first kappa shape index (κ1) is 15.0. The summed E-state index contributed by atoms with van der Waals surface area (Å²) in [6, 6.07) is 5.68. The van der Waals surface area contributed by atoms with Crippen molar-refractivity contribution in [1.29, 1.82) is 0 Å². The maximum Gasteiger partial charge on any atom is 0.269 e. The Morgan fingerprint density at radius 3 is 2.41 bits per heavy atom. The molecule has 0 aromatic heterocycles. The smallest absolute Gasteiger partial charge is 0.269 e. The SMILES string of the molecule is CN(C)S(=O)(=O)c1cccc(C(=O)NNC(=O)C23CC2C3)c1. The highest BCUT2D eigenvalue weighted by Gasteiger charge is 2.74. The minimum absolute atomic E-state index is 0.0273. The van der Waals surface area contributed by atoms with Crippen molar-refractivity contribution in [3.63, 3.8) is 0 Å². The standard InChI is InChI=1S/C14H17N3O4S/c1-17(2)22(20,21)11-5-3-4-9(6-11)12(18)15-16-13(19)14-7-10(14)8-14/h3-6,10H,7-8H2,1-2H3,(H,15,18)(H,16,19). The molecule has 2 N–H and O–H groups in total. The van der Waals surface area contributed by atoms with Crippen molar-refractivity contribution in [2.75, 3.05) is 14.1 Å². The maximum absolute atomic E-state index is 12.0. The summed E-state index contributed by atoms with van der Waals surface area (Å²) >= 11 is 0. The molecule has 0 saturated heterocycles. The van der Waals surface area contributed by atoms with Gasteiger partial charge in [0, 0.05) is 19.7 Å². The van der Waals surface area contributed by atoms with Gasteiger partial charge in [-0.2, -0.15) is 0 Å². The Kier molecular flexibility index (Phi) is 3.26. The van der Waals surface area contributed by atoms with Crippen molar-refractivity contribution in [1.82, 2.24) is 15.2 Å². The first-order valence-corrected chi connectivity index (χ1v) is 8.35. The van der Waals surface area contributed by atoms with E-state index in [-0.39, 0.29) is 21.8 Å². The number of hydrazine groups is 1. The summed E-state index contributed by atoms with van der Waals surface area (Å²) in [5.74, 6) is -0.223. The van der Waals surface area contributed by atoms with Crippen LogP contribution in [0, 0.1) is 11.3 Å². The molecule has 0 bridgehead atoms. The molecule has 22 heavy (non-hydrogen) atoms. The third-order valence-electron chi connectivity index (χ3n) is 4.30. The fourth-order valence-corrected chi connectivity index (χ4v) is 3.34. The monoisotopic (exact) mass is 323 g/mol. The lowest BCUT2D eigenvalue weighted by atomic mass is 10.2. The number of amides is 2. The summed E-state index contributed by atoms with van der Waals surface area (Å²) in [4.78, 5) is 23.8. The number of hydrogen-bond donors (Lipinski definition) is 2. The average Bonchev–Trinajstić information content (AvgIpc) is 3.34. The molecule has 118 valence electrons. The van der Waals surface area contributed by atoms with Gasteiger partial charge in [-0.15, -0.1) is 0 Å². The van der Waals surface area contributed by atoms with Crippen LogP contribution in [0.4, 0.5) is 0 Å². The molecule has 0 spiro atoms. The van der Waals surface area contributed by atoms with Gasteiger partial charge in [0.15, 0.2) is 0 Å². The van der Waals surface area contributed by atoms with Crippen molar-refractivity contribution in [2.24, 2.45) is 11.3 Å². The zero-order chi connectivity index (χ0) is 16.1. The van der Waals surface area contributed by atoms with Gasteiger partial charge in [-0.25, -0.2) is 12.7 Å². The van der Waals surface area contributed by atoms with E-state index in [1.807, 2.05) is 0 Å². The van der Waals surface area contributed by atoms with Gasteiger partial charge >= 0.3 is 0 Å². The van der Waals surface area contributed by atoms with Gasteiger partial charge in [0.1, 0.15) is 0 Å². The Morgan fingerprint density at radius 1 is 1.23 bits per heavy atom. The van der Waals surface area contributed by atoms with Crippen LogP contribution in [-0.2, 0) is 14.8 Å². The van der Waals surface area contributed by atoms with Gasteiger partial charge in [-0.05, 0) is 37.0 Å². The molecule has 3 rings (SSSR count). The number of rotatable bonds is 4. The van der Waals surface area contributed by atoms with Crippen LogP contribution in [0.15, 0.2) is 29.2 Å². The van der Waals surface area contributed by atoms with E-state index in [0.717, 1.165) is 17.1 Å². The second-order valence-corrected chi connectivity index (χ2v) is 8.14. The highest BCUT2D eigenvalue weighted by atomic mass is 32.2. The number of benzene rings is 1. The topological polar surface area (TPSA) is 95.6 Å². The molecule has 2 amide bonds. The second-order valence-electron chi connectivity index (χ2n) is 5.98. The van der Waals surface area contributed by atoms with Crippen LogP contribution >= 0.6 is 0 Å². The molecule has 0 radical (unpaired) electrons. The van der Waals surface area contributed by atoms with Gasteiger partial charge in [0.2, 0.25) is 15.9 Å². The molecule has 2 fully saturated rings. The van der Waals surface area contributed by atoms with Gasteiger partial charge in [0.05, 0.1) is 10.3 Å². The Hall–Kier alpha value is -1.93. The van der Waals surface area contributed by atoms with Crippen molar-refractivity contribution in [2.45, 2.75) is 17.7 Å². The molecule has 7 nitrogen and oxygen atoms in total. The number of sulfonamides is 1. The highest BCUT2D eigenvalue weighted by Crippen LogP contribution is 2.75. The second kappa shape index (κ2) is 4.79. The van der Waals surface area contributed by atoms with Crippen LogP contribution in [-0.4, -0.2) is 38.6 Å². The molecule has 1 aromatic rings. The van der Waals surface area contributed by atoms with Crippen LogP contribution < -0.4 is 10.9 Å². The first-order chi connectivity index (χ1) is 10.3. The largest absolute Gasteiger partial charge is 0.273 e. The van der Waals surface area contributed by atoms with E-state index in [2.05, 4.69) is 10.9 Å². The molecule has 8 heteroatoms. The molecule has 1 aromatic carbocycles. The lowest BCUT2D eigenvalue weighted by Gasteiger charge is -2.13. The summed E-state index contributed by atoms with van der Waals surface area (Å²) < 4.78 is 25.2. The minimum Gasteiger partial charge on any atom is -0.273 e. The Labute approximate surface area is 128 Å². The molecule has 2 aliphatic rings. The molecule has 2 saturated carbocycles. The van der Waals surface area contributed by atoms with Crippen LogP contribution in [0.3, 0.4) is 0 Å².